The molecule has 0 amide bonds. The van der Waals surface area contributed by atoms with Gasteiger partial charge in [-0.2, -0.15) is 0 Å². The van der Waals surface area contributed by atoms with E-state index in [1.165, 1.54) is 10.9 Å². The highest BCUT2D eigenvalue weighted by molar-refractivity contribution is 6.29. The molecule has 11 aromatic rings. The van der Waals surface area contributed by atoms with Gasteiger partial charge in [-0.25, -0.2) is 17.6 Å². The van der Waals surface area contributed by atoms with Crippen molar-refractivity contribution in [3.63, 3.8) is 0 Å². The monoisotopic (exact) mass is 804 g/mol. The number of hydrogen-bond donors (Lipinski definition) is 0. The lowest BCUT2D eigenvalue weighted by atomic mass is 9.82. The topological polar surface area (TPSA) is 0 Å². The average molecular weight is 805 g/mol. The molecule has 0 aliphatic heterocycles. The van der Waals surface area contributed by atoms with Gasteiger partial charge in [0, 0.05) is 21.9 Å². The van der Waals surface area contributed by atoms with Gasteiger partial charge < -0.3 is 0 Å². The molecule has 0 spiro atoms. The molecule has 4 heteroatoms. The van der Waals surface area contributed by atoms with E-state index in [0.29, 0.717) is 33.4 Å². The van der Waals surface area contributed by atoms with Gasteiger partial charge in [0.05, 0.1) is 0 Å². The second-order valence-electron chi connectivity index (χ2n) is 15.9. The maximum atomic E-state index is 16.6. The maximum absolute atomic E-state index is 16.6. The van der Waals surface area contributed by atoms with Crippen LogP contribution >= 0.6 is 0 Å². The molecule has 0 unspecified atom stereocenters. The summed E-state index contributed by atoms with van der Waals surface area (Å²) in [7, 11) is 0. The molecule has 292 valence electrons. The summed E-state index contributed by atoms with van der Waals surface area (Å²) in [5.74, 6) is -6.52. The van der Waals surface area contributed by atoms with Gasteiger partial charge in [-0.05, 0) is 105 Å². The minimum Gasteiger partial charge on any atom is -0.203 e. The molecule has 1 aliphatic rings. The Bertz CT molecular complexity index is 3530. The maximum Gasteiger partial charge on any atom is 0.198 e. The first-order chi connectivity index (χ1) is 30.5. The molecular formula is C58H32F4. The normalized spacial score (nSPS) is 11.9. The van der Waals surface area contributed by atoms with Crippen LogP contribution < -0.4 is 0 Å². The van der Waals surface area contributed by atoms with Gasteiger partial charge >= 0.3 is 0 Å². The van der Waals surface area contributed by atoms with Crippen molar-refractivity contribution < 1.29 is 17.6 Å². The van der Waals surface area contributed by atoms with E-state index in [0.717, 1.165) is 65.9 Å². The van der Waals surface area contributed by atoms with E-state index < -0.39 is 23.3 Å². The summed E-state index contributed by atoms with van der Waals surface area (Å²) in [6, 6.07) is 64.6. The molecule has 0 aromatic heterocycles. The number of fused-ring (bicyclic) bond motifs is 6. The molecule has 1 aliphatic carbocycles. The lowest BCUT2D eigenvalue weighted by Gasteiger charge is -2.21. The van der Waals surface area contributed by atoms with E-state index in [1.807, 2.05) is 66.7 Å². The third kappa shape index (κ3) is 5.13. The first kappa shape index (κ1) is 36.1. The summed E-state index contributed by atoms with van der Waals surface area (Å²) in [4.78, 5) is 0. The van der Waals surface area contributed by atoms with E-state index in [4.69, 9.17) is 0 Å². The van der Waals surface area contributed by atoms with Crippen molar-refractivity contribution in [1.29, 1.82) is 0 Å². The summed E-state index contributed by atoms with van der Waals surface area (Å²) in [6.07, 6.45) is 0. The Labute approximate surface area is 354 Å². The van der Waals surface area contributed by atoms with Crippen LogP contribution in [0.1, 0.15) is 0 Å². The van der Waals surface area contributed by atoms with Crippen LogP contribution in [0.25, 0.3) is 121 Å². The van der Waals surface area contributed by atoms with Gasteiger partial charge in [0.25, 0.3) is 0 Å². The van der Waals surface area contributed by atoms with E-state index in [2.05, 4.69) is 103 Å². The van der Waals surface area contributed by atoms with Gasteiger partial charge in [0.1, 0.15) is 0 Å². The van der Waals surface area contributed by atoms with E-state index in [1.54, 1.807) is 24.3 Å². The van der Waals surface area contributed by atoms with Gasteiger partial charge in [-0.3, -0.25) is 0 Å². The fourth-order valence-electron chi connectivity index (χ4n) is 10.2. The van der Waals surface area contributed by atoms with Crippen LogP contribution in [0.5, 0.6) is 0 Å². The van der Waals surface area contributed by atoms with Crippen LogP contribution in [0.4, 0.5) is 17.6 Å². The molecule has 0 saturated heterocycles. The highest BCUT2D eigenvalue weighted by Crippen LogP contribution is 2.59. The molecule has 12 rings (SSSR count). The van der Waals surface area contributed by atoms with Crippen molar-refractivity contribution in [2.75, 3.05) is 0 Å². The first-order valence-corrected chi connectivity index (χ1v) is 20.6. The number of hydrogen-bond acceptors (Lipinski definition) is 0. The molecule has 0 N–H and O–H groups in total. The minimum atomic E-state index is -1.84. The second-order valence-corrected chi connectivity index (χ2v) is 15.9. The summed E-state index contributed by atoms with van der Waals surface area (Å²) in [5.41, 5.74) is 11.2. The standard InChI is InChI=1S/C58H32F4/c59-55-53-48(35-20-9-3-10-21-35)51-43-27-15-26-39-38(30-31-44(50(39)43)52(51)49(36-22-11-4-12-23-36)54(53)56(60)58(62)57(55)61)37-28-29-42-45(32-37)47(34-18-7-2-8-19-34)41-25-14-13-24-40(41)46(42)33-16-5-1-6-17-33/h1-32H. The van der Waals surface area contributed by atoms with Crippen LogP contribution in [0.2, 0.25) is 0 Å². The molecular weight excluding hydrogens is 773 g/mol. The SMILES string of the molecule is Fc1c(F)c(F)c2c(-c3ccccc3)c3c(c(-c4ccccc4)c2c1F)-c1cccc2c(-c4ccc5c(-c6ccccc6)c6ccccc6c(-c6ccccc6)c5c4)ccc-3c12. The second kappa shape index (κ2) is 13.9. The zero-order valence-corrected chi connectivity index (χ0v) is 33.0. The lowest BCUT2D eigenvalue weighted by Crippen LogP contribution is -2.03. The zero-order chi connectivity index (χ0) is 41.6. The Hall–Kier alpha value is -7.82. The fourth-order valence-corrected chi connectivity index (χ4v) is 10.2. The average Bonchev–Trinajstić information content (AvgIpc) is 3.66. The predicted octanol–water partition coefficient (Wildman–Crippen LogP) is 16.8. The number of benzene rings is 11. The number of rotatable bonds is 5. The quantitative estimate of drug-likeness (QED) is 0.0704. The van der Waals surface area contributed by atoms with Gasteiger partial charge in [0.2, 0.25) is 0 Å². The largest absolute Gasteiger partial charge is 0.203 e. The van der Waals surface area contributed by atoms with Crippen LogP contribution in [0, 0.1) is 23.3 Å². The van der Waals surface area contributed by atoms with Crippen LogP contribution in [0.15, 0.2) is 194 Å². The fraction of sp³-hybridized carbons (Fsp3) is 0. The molecule has 0 heterocycles. The third-order valence-corrected chi connectivity index (χ3v) is 12.7. The molecule has 0 atom stereocenters. The van der Waals surface area contributed by atoms with E-state index >= 15 is 17.6 Å². The molecule has 0 saturated carbocycles. The van der Waals surface area contributed by atoms with Crippen molar-refractivity contribution in [1.82, 2.24) is 0 Å². The first-order valence-electron chi connectivity index (χ1n) is 20.6. The highest BCUT2D eigenvalue weighted by Gasteiger charge is 2.35. The van der Waals surface area contributed by atoms with Crippen molar-refractivity contribution in [2.45, 2.75) is 0 Å². The van der Waals surface area contributed by atoms with Crippen LogP contribution in [-0.2, 0) is 0 Å². The van der Waals surface area contributed by atoms with E-state index in [-0.39, 0.29) is 10.8 Å². The Morgan fingerprint density at radius 1 is 0.210 bits per heavy atom. The van der Waals surface area contributed by atoms with Crippen molar-refractivity contribution in [3.8, 4) is 77.9 Å². The summed E-state index contributed by atoms with van der Waals surface area (Å²) >= 11 is 0. The molecule has 0 bridgehead atoms. The molecule has 0 fully saturated rings. The van der Waals surface area contributed by atoms with E-state index in [9.17, 15) is 0 Å². The number of halogens is 4. The lowest BCUT2D eigenvalue weighted by molar-refractivity contribution is 0.418. The van der Waals surface area contributed by atoms with Crippen LogP contribution in [-0.4, -0.2) is 0 Å². The highest BCUT2D eigenvalue weighted by atomic mass is 19.2. The molecule has 11 aromatic carbocycles. The van der Waals surface area contributed by atoms with Crippen LogP contribution in [0.3, 0.4) is 0 Å². The van der Waals surface area contributed by atoms with Crippen molar-refractivity contribution >= 4 is 43.1 Å². The summed E-state index contributed by atoms with van der Waals surface area (Å²) in [5, 5.41) is 5.82. The predicted molar refractivity (Wildman–Crippen MR) is 248 cm³/mol. The molecule has 0 nitrogen and oxygen atoms in total. The minimum absolute atomic E-state index is 0.292. The zero-order valence-electron chi connectivity index (χ0n) is 33.0. The molecule has 62 heavy (non-hydrogen) atoms. The van der Waals surface area contributed by atoms with Gasteiger partial charge in [0.15, 0.2) is 23.3 Å². The van der Waals surface area contributed by atoms with Gasteiger partial charge in [-0.1, -0.05) is 188 Å². The Morgan fingerprint density at radius 3 is 1.10 bits per heavy atom. The van der Waals surface area contributed by atoms with Crippen molar-refractivity contribution in [2.24, 2.45) is 0 Å². The third-order valence-electron chi connectivity index (χ3n) is 12.7. The summed E-state index contributed by atoms with van der Waals surface area (Å²) in [6.45, 7) is 0. The Morgan fingerprint density at radius 2 is 0.597 bits per heavy atom. The van der Waals surface area contributed by atoms with Crippen molar-refractivity contribution in [3.05, 3.63) is 217 Å². The summed E-state index contributed by atoms with van der Waals surface area (Å²) < 4.78 is 64.2. The smallest absolute Gasteiger partial charge is 0.198 e. The Balaban J connectivity index is 1.20. The van der Waals surface area contributed by atoms with Gasteiger partial charge in [-0.15, -0.1) is 0 Å². The Kier molecular flexibility index (Phi) is 8.07. The molecule has 0 radical (unpaired) electrons.